The first-order valence-corrected chi connectivity index (χ1v) is 9.31. The minimum Gasteiger partial charge on any atom is -0.313 e. The molecule has 1 aromatic heterocycles. The summed E-state index contributed by atoms with van der Waals surface area (Å²) in [6, 6.07) is 2.74. The smallest absolute Gasteiger partial charge is 0.0410 e. The highest BCUT2D eigenvalue weighted by Crippen LogP contribution is 2.28. The second-order valence-electron chi connectivity index (χ2n) is 4.36. The molecular weight excluding hydrogens is 328 g/mol. The maximum Gasteiger partial charge on any atom is 0.0410 e. The van der Waals surface area contributed by atoms with Gasteiger partial charge < -0.3 is 5.32 Å². The molecule has 2 rings (SSSR count). The third kappa shape index (κ3) is 4.44. The predicted octanol–water partition coefficient (Wildman–Crippen LogP) is 3.21. The Kier molecular flexibility index (Phi) is 6.35. The summed E-state index contributed by atoms with van der Waals surface area (Å²) >= 11 is 7.70. The largest absolute Gasteiger partial charge is 0.313 e. The van der Waals surface area contributed by atoms with Gasteiger partial charge in [0.2, 0.25) is 0 Å². The lowest BCUT2D eigenvalue weighted by molar-refractivity contribution is 0.522. The second kappa shape index (κ2) is 7.78. The van der Waals surface area contributed by atoms with Crippen molar-refractivity contribution in [2.45, 2.75) is 24.6 Å². The number of aromatic nitrogens is 1. The molecule has 2 nitrogen and oxygen atoms in total. The van der Waals surface area contributed by atoms with E-state index in [0.717, 1.165) is 22.7 Å². The maximum absolute atomic E-state index is 4.26. The first-order valence-electron chi connectivity index (χ1n) is 6.31. The lowest BCUT2D eigenvalue weighted by Crippen LogP contribution is -2.42. The summed E-state index contributed by atoms with van der Waals surface area (Å²) in [5.74, 6) is 3.86. The molecule has 1 saturated heterocycles. The van der Waals surface area contributed by atoms with Gasteiger partial charge in [-0.3, -0.25) is 4.98 Å². The van der Waals surface area contributed by atoms with Crippen molar-refractivity contribution in [1.82, 2.24) is 10.3 Å². The minimum atomic E-state index is 0.559. The van der Waals surface area contributed by atoms with Crippen molar-refractivity contribution in [1.29, 1.82) is 0 Å². The Labute approximate surface area is 126 Å². The number of hydrogen-bond donors (Lipinski definition) is 1. The molecule has 1 N–H and O–H groups in total. The zero-order chi connectivity index (χ0) is 12.8. The van der Waals surface area contributed by atoms with Crippen molar-refractivity contribution in [3.05, 3.63) is 28.5 Å². The zero-order valence-corrected chi connectivity index (χ0v) is 13.8. The average molecular weight is 347 g/mol. The van der Waals surface area contributed by atoms with Crippen LogP contribution in [0.4, 0.5) is 0 Å². The van der Waals surface area contributed by atoms with Crippen LogP contribution in [0.1, 0.15) is 12.5 Å². The third-order valence-electron chi connectivity index (χ3n) is 2.97. The lowest BCUT2D eigenvalue weighted by atomic mass is 10.1. The SMILES string of the molecule is CCNC(Cc1cncc(Br)c1)C1CSCCS1. The Balaban J connectivity index is 2.00. The molecule has 2 heterocycles. The van der Waals surface area contributed by atoms with Crippen molar-refractivity contribution in [2.75, 3.05) is 23.8 Å². The minimum absolute atomic E-state index is 0.559. The van der Waals surface area contributed by atoms with Gasteiger partial charge in [-0.1, -0.05) is 6.92 Å². The molecule has 0 bridgehead atoms. The van der Waals surface area contributed by atoms with E-state index in [-0.39, 0.29) is 0 Å². The van der Waals surface area contributed by atoms with Crippen LogP contribution in [0.5, 0.6) is 0 Å². The highest BCUT2D eigenvalue weighted by molar-refractivity contribution is 9.10. The van der Waals surface area contributed by atoms with Gasteiger partial charge in [0.05, 0.1) is 0 Å². The van der Waals surface area contributed by atoms with Crippen LogP contribution in [0.3, 0.4) is 0 Å². The summed E-state index contributed by atoms with van der Waals surface area (Å²) < 4.78 is 1.07. The van der Waals surface area contributed by atoms with E-state index in [2.05, 4.69) is 62.7 Å². The molecule has 1 aromatic rings. The number of hydrogen-bond acceptors (Lipinski definition) is 4. The molecule has 2 unspecified atom stereocenters. The molecule has 0 spiro atoms. The molecule has 0 radical (unpaired) electrons. The molecule has 2 atom stereocenters. The number of nitrogens with zero attached hydrogens (tertiary/aromatic N) is 1. The highest BCUT2D eigenvalue weighted by atomic mass is 79.9. The van der Waals surface area contributed by atoms with Gasteiger partial charge >= 0.3 is 0 Å². The molecule has 0 aliphatic carbocycles. The monoisotopic (exact) mass is 346 g/mol. The van der Waals surface area contributed by atoms with E-state index in [1.807, 2.05) is 12.4 Å². The van der Waals surface area contributed by atoms with Gasteiger partial charge in [0.15, 0.2) is 0 Å². The van der Waals surface area contributed by atoms with E-state index < -0.39 is 0 Å². The molecule has 100 valence electrons. The molecule has 0 amide bonds. The highest BCUT2D eigenvalue weighted by Gasteiger charge is 2.24. The van der Waals surface area contributed by atoms with Crippen molar-refractivity contribution in [3.8, 4) is 0 Å². The van der Waals surface area contributed by atoms with Crippen molar-refractivity contribution in [3.63, 3.8) is 0 Å². The molecular formula is C13H19BrN2S2. The van der Waals surface area contributed by atoms with Crippen molar-refractivity contribution >= 4 is 39.5 Å². The van der Waals surface area contributed by atoms with E-state index in [9.17, 15) is 0 Å². The van der Waals surface area contributed by atoms with Crippen LogP contribution >= 0.6 is 39.5 Å². The Morgan fingerprint density at radius 3 is 3.06 bits per heavy atom. The number of pyridine rings is 1. The first-order chi connectivity index (χ1) is 8.79. The molecule has 1 aliphatic rings. The normalized spacial score (nSPS) is 21.8. The van der Waals surface area contributed by atoms with Gasteiger partial charge in [-0.25, -0.2) is 0 Å². The Bertz CT molecular complexity index is 370. The van der Waals surface area contributed by atoms with Crippen LogP contribution in [0, 0.1) is 0 Å². The fourth-order valence-electron chi connectivity index (χ4n) is 2.16. The number of nitrogens with one attached hydrogen (secondary N) is 1. The predicted molar refractivity (Wildman–Crippen MR) is 86.7 cm³/mol. The number of thioether (sulfide) groups is 2. The van der Waals surface area contributed by atoms with Gasteiger partial charge in [0.25, 0.3) is 0 Å². The first kappa shape index (κ1) is 14.7. The molecule has 1 aliphatic heterocycles. The summed E-state index contributed by atoms with van der Waals surface area (Å²) in [6.45, 7) is 3.22. The average Bonchev–Trinajstić information content (AvgIpc) is 2.39. The topological polar surface area (TPSA) is 24.9 Å². The van der Waals surface area contributed by atoms with E-state index in [1.165, 1.54) is 22.8 Å². The van der Waals surface area contributed by atoms with Crippen LogP contribution in [0.25, 0.3) is 0 Å². The molecule has 18 heavy (non-hydrogen) atoms. The summed E-state index contributed by atoms with van der Waals surface area (Å²) in [6.07, 6.45) is 4.89. The quantitative estimate of drug-likeness (QED) is 0.884. The van der Waals surface area contributed by atoms with Crippen molar-refractivity contribution < 1.29 is 0 Å². The fraction of sp³-hybridized carbons (Fsp3) is 0.615. The van der Waals surface area contributed by atoms with Gasteiger partial charge in [0.1, 0.15) is 0 Å². The van der Waals surface area contributed by atoms with E-state index in [0.29, 0.717) is 6.04 Å². The van der Waals surface area contributed by atoms with Crippen molar-refractivity contribution in [2.24, 2.45) is 0 Å². The fourth-order valence-corrected chi connectivity index (χ4v) is 5.46. The van der Waals surface area contributed by atoms with Gasteiger partial charge in [-0.05, 0) is 40.5 Å². The van der Waals surface area contributed by atoms with E-state index >= 15 is 0 Å². The van der Waals surface area contributed by atoms with Crippen LogP contribution in [-0.2, 0) is 6.42 Å². The summed E-state index contributed by atoms with van der Waals surface area (Å²) in [5.41, 5.74) is 1.31. The van der Waals surface area contributed by atoms with Crippen LogP contribution < -0.4 is 5.32 Å². The van der Waals surface area contributed by atoms with Crippen LogP contribution in [0.2, 0.25) is 0 Å². The van der Waals surface area contributed by atoms with Crippen LogP contribution in [-0.4, -0.2) is 40.1 Å². The molecule has 0 saturated carbocycles. The number of rotatable bonds is 5. The zero-order valence-electron chi connectivity index (χ0n) is 10.6. The van der Waals surface area contributed by atoms with E-state index in [4.69, 9.17) is 0 Å². The standard InChI is InChI=1S/C13H19BrN2S2/c1-2-16-12(13-9-17-3-4-18-13)6-10-5-11(14)8-15-7-10/h5,7-8,12-13,16H,2-4,6,9H2,1H3. The summed E-state index contributed by atoms with van der Waals surface area (Å²) in [5, 5.41) is 4.37. The number of likely N-dealkylation sites (N-methyl/N-ethyl adjacent to an activating group) is 1. The Morgan fingerprint density at radius 2 is 2.39 bits per heavy atom. The third-order valence-corrected chi connectivity index (χ3v) is 6.33. The van der Waals surface area contributed by atoms with Gasteiger partial charge in [0, 0.05) is 45.4 Å². The second-order valence-corrected chi connectivity index (χ2v) is 7.78. The molecule has 1 fully saturated rings. The summed E-state index contributed by atoms with van der Waals surface area (Å²) in [4.78, 5) is 4.26. The molecule has 0 aromatic carbocycles. The van der Waals surface area contributed by atoms with Crippen LogP contribution in [0.15, 0.2) is 22.9 Å². The maximum atomic E-state index is 4.26. The number of halogens is 1. The molecule has 5 heteroatoms. The Hall–Kier alpha value is 0.290. The Morgan fingerprint density at radius 1 is 1.50 bits per heavy atom. The van der Waals surface area contributed by atoms with E-state index in [1.54, 1.807) is 0 Å². The lowest BCUT2D eigenvalue weighted by Gasteiger charge is -2.30. The summed E-state index contributed by atoms with van der Waals surface area (Å²) in [7, 11) is 0. The van der Waals surface area contributed by atoms with Gasteiger partial charge in [-0.2, -0.15) is 23.5 Å². The van der Waals surface area contributed by atoms with Gasteiger partial charge in [-0.15, -0.1) is 0 Å².